The van der Waals surface area contributed by atoms with Crippen LogP contribution in [0.4, 0.5) is 0 Å². The number of allylic oxidation sites excluding steroid dienone is 5. The first kappa shape index (κ1) is 76.3. The molecule has 1 amide bonds. The Morgan fingerprint density at radius 3 is 1.23 bits per heavy atom. The normalized spacial score (nSPS) is 24.1. The fraction of sp³-hybridized carbons (Fsp3) is 0.897. The number of hydrogen-bond donors (Lipinski definition) is 9. The lowest BCUT2D eigenvalue weighted by atomic mass is 9.97. The summed E-state index contributed by atoms with van der Waals surface area (Å²) in [5.74, 6) is -0.250. The molecule has 0 spiro atoms. The zero-order valence-electron chi connectivity index (χ0n) is 52.2. The summed E-state index contributed by atoms with van der Waals surface area (Å²) in [7, 11) is 0. The Balaban J connectivity index is 1.66. The molecule has 2 fully saturated rings. The van der Waals surface area contributed by atoms with Gasteiger partial charge in [0.15, 0.2) is 12.6 Å². The van der Waals surface area contributed by atoms with E-state index in [0.29, 0.717) is 6.42 Å². The van der Waals surface area contributed by atoms with Crippen molar-refractivity contribution in [3.05, 3.63) is 36.5 Å². The third-order valence-electron chi connectivity index (χ3n) is 16.8. The number of ether oxygens (including phenoxy) is 4. The van der Waals surface area contributed by atoms with Crippen molar-refractivity contribution in [2.24, 2.45) is 0 Å². The van der Waals surface area contributed by atoms with Gasteiger partial charge >= 0.3 is 0 Å². The highest BCUT2D eigenvalue weighted by molar-refractivity contribution is 5.76. The Morgan fingerprint density at radius 2 is 0.805 bits per heavy atom. The van der Waals surface area contributed by atoms with Crippen molar-refractivity contribution in [1.29, 1.82) is 0 Å². The zero-order valence-corrected chi connectivity index (χ0v) is 52.2. The molecule has 12 atom stereocenters. The van der Waals surface area contributed by atoms with Crippen molar-refractivity contribution in [2.75, 3.05) is 19.8 Å². The molecule has 82 heavy (non-hydrogen) atoms. The van der Waals surface area contributed by atoms with Crippen LogP contribution < -0.4 is 5.32 Å². The fourth-order valence-electron chi connectivity index (χ4n) is 11.3. The third kappa shape index (κ3) is 37.7. The van der Waals surface area contributed by atoms with E-state index >= 15 is 0 Å². The molecule has 12 unspecified atom stereocenters. The Kier molecular flexibility index (Phi) is 49.7. The Labute approximate surface area is 500 Å². The highest BCUT2D eigenvalue weighted by Crippen LogP contribution is 2.30. The lowest BCUT2D eigenvalue weighted by Gasteiger charge is -2.46. The molecule has 482 valence electrons. The second kappa shape index (κ2) is 53.4. The van der Waals surface area contributed by atoms with Crippen LogP contribution in [0, 0.1) is 0 Å². The Morgan fingerprint density at radius 1 is 0.439 bits per heavy atom. The quantitative estimate of drug-likeness (QED) is 0.0204. The number of aliphatic hydroxyl groups excluding tert-OH is 8. The van der Waals surface area contributed by atoms with E-state index in [9.17, 15) is 45.6 Å². The van der Waals surface area contributed by atoms with E-state index in [2.05, 4.69) is 43.5 Å². The van der Waals surface area contributed by atoms with Crippen LogP contribution in [0.15, 0.2) is 36.5 Å². The molecule has 2 rings (SSSR count). The Bertz CT molecular complexity index is 1510. The van der Waals surface area contributed by atoms with Crippen LogP contribution >= 0.6 is 0 Å². The maximum absolute atomic E-state index is 13.3. The van der Waals surface area contributed by atoms with Gasteiger partial charge in [-0.05, 0) is 51.4 Å². The third-order valence-corrected chi connectivity index (χ3v) is 16.8. The summed E-state index contributed by atoms with van der Waals surface area (Å²) in [4.78, 5) is 13.3. The molecule has 0 aromatic rings. The summed E-state index contributed by atoms with van der Waals surface area (Å²) < 4.78 is 22.8. The van der Waals surface area contributed by atoms with Gasteiger partial charge in [-0.1, -0.05) is 275 Å². The molecule has 0 bridgehead atoms. The average Bonchev–Trinajstić information content (AvgIpc) is 3.53. The van der Waals surface area contributed by atoms with Crippen LogP contribution in [0.3, 0.4) is 0 Å². The van der Waals surface area contributed by atoms with Crippen LogP contribution in [0.1, 0.15) is 296 Å². The topological polar surface area (TPSA) is 228 Å². The molecular formula is C68H127NO13. The van der Waals surface area contributed by atoms with Gasteiger partial charge in [0.05, 0.1) is 32.0 Å². The number of unbranched alkanes of at least 4 members (excludes halogenated alkanes) is 39. The van der Waals surface area contributed by atoms with E-state index < -0.39 is 86.8 Å². The number of carbonyl (C=O) groups is 1. The summed E-state index contributed by atoms with van der Waals surface area (Å²) in [6.45, 7) is 2.80. The predicted octanol–water partition coefficient (Wildman–Crippen LogP) is 13.3. The fourth-order valence-corrected chi connectivity index (χ4v) is 11.3. The van der Waals surface area contributed by atoms with Crippen molar-refractivity contribution in [3.63, 3.8) is 0 Å². The number of nitrogens with one attached hydrogen (secondary N) is 1. The van der Waals surface area contributed by atoms with Crippen molar-refractivity contribution < 1.29 is 64.6 Å². The van der Waals surface area contributed by atoms with Gasteiger partial charge in [-0.3, -0.25) is 4.79 Å². The standard InChI is InChI=1S/C68H127NO13/c1-3-5-7-9-11-13-15-17-19-21-22-23-24-25-26-27-28-29-30-31-32-33-34-35-36-37-39-41-43-45-47-49-51-57(72)56(69-60(73)52-50-48-46-44-42-40-38-20-18-16-14-12-10-8-6-4-2)55-79-67-65(78)63(76)66(59(54-71)81-67)82-68-64(77)62(75)61(74)58(53-70)80-68/h14,16,20,38,49,51,56-59,61-68,70-72,74-78H,3-13,15,17-19,21-37,39-48,50,52-55H2,1-2H3,(H,69,73)/b16-14-,38-20-,51-49+. The predicted molar refractivity (Wildman–Crippen MR) is 332 cm³/mol. The molecule has 0 aromatic carbocycles. The van der Waals surface area contributed by atoms with Crippen LogP contribution in [0.2, 0.25) is 0 Å². The van der Waals surface area contributed by atoms with E-state index in [1.807, 2.05) is 6.08 Å². The number of amides is 1. The van der Waals surface area contributed by atoms with E-state index in [0.717, 1.165) is 64.2 Å². The first-order chi connectivity index (χ1) is 40.1. The van der Waals surface area contributed by atoms with Gasteiger partial charge < -0.3 is 65.1 Å². The first-order valence-corrected chi connectivity index (χ1v) is 34.2. The van der Waals surface area contributed by atoms with Crippen LogP contribution in [-0.2, 0) is 23.7 Å². The minimum atomic E-state index is -1.79. The molecule has 0 saturated carbocycles. The van der Waals surface area contributed by atoms with Gasteiger partial charge in [0.1, 0.15) is 48.8 Å². The summed E-state index contributed by atoms with van der Waals surface area (Å²) in [6.07, 6.45) is 50.7. The molecule has 14 nitrogen and oxygen atoms in total. The molecule has 2 heterocycles. The molecule has 2 aliphatic heterocycles. The maximum Gasteiger partial charge on any atom is 0.220 e. The van der Waals surface area contributed by atoms with Gasteiger partial charge in [-0.25, -0.2) is 0 Å². The van der Waals surface area contributed by atoms with Crippen LogP contribution in [-0.4, -0.2) is 140 Å². The second-order valence-corrected chi connectivity index (χ2v) is 24.3. The minimum Gasteiger partial charge on any atom is -0.394 e. The van der Waals surface area contributed by atoms with E-state index in [4.69, 9.17) is 18.9 Å². The van der Waals surface area contributed by atoms with Gasteiger partial charge in [-0.2, -0.15) is 0 Å². The molecule has 0 radical (unpaired) electrons. The lowest BCUT2D eigenvalue weighted by molar-refractivity contribution is -0.359. The largest absolute Gasteiger partial charge is 0.394 e. The summed E-state index contributed by atoms with van der Waals surface area (Å²) in [5, 5.41) is 87.3. The van der Waals surface area contributed by atoms with Crippen molar-refractivity contribution in [3.8, 4) is 0 Å². The first-order valence-electron chi connectivity index (χ1n) is 34.2. The average molecular weight is 1170 g/mol. The summed E-state index contributed by atoms with van der Waals surface area (Å²) in [5.41, 5.74) is 0. The van der Waals surface area contributed by atoms with Gasteiger partial charge in [0.25, 0.3) is 0 Å². The zero-order chi connectivity index (χ0) is 59.5. The van der Waals surface area contributed by atoms with Crippen molar-refractivity contribution in [2.45, 2.75) is 370 Å². The number of rotatable bonds is 56. The van der Waals surface area contributed by atoms with Gasteiger partial charge in [0, 0.05) is 6.42 Å². The smallest absolute Gasteiger partial charge is 0.220 e. The summed E-state index contributed by atoms with van der Waals surface area (Å²) in [6, 6.07) is -0.923. The molecule has 0 aliphatic carbocycles. The molecular weight excluding hydrogens is 1040 g/mol. The van der Waals surface area contributed by atoms with Crippen molar-refractivity contribution in [1.82, 2.24) is 5.32 Å². The molecule has 9 N–H and O–H groups in total. The number of carbonyl (C=O) groups excluding carboxylic acids is 1. The molecule has 14 heteroatoms. The van der Waals surface area contributed by atoms with E-state index in [1.54, 1.807) is 6.08 Å². The molecule has 0 aromatic heterocycles. The molecule has 2 saturated heterocycles. The lowest BCUT2D eigenvalue weighted by Crippen LogP contribution is -2.65. The number of hydrogen-bond acceptors (Lipinski definition) is 13. The Hall–Kier alpha value is -1.79. The second-order valence-electron chi connectivity index (χ2n) is 24.3. The van der Waals surface area contributed by atoms with E-state index in [1.165, 1.54) is 205 Å². The van der Waals surface area contributed by atoms with Crippen molar-refractivity contribution >= 4 is 5.91 Å². The highest BCUT2D eigenvalue weighted by atomic mass is 16.7. The molecule has 2 aliphatic rings. The minimum absolute atomic E-state index is 0.250. The van der Waals surface area contributed by atoms with Crippen LogP contribution in [0.5, 0.6) is 0 Å². The summed E-state index contributed by atoms with van der Waals surface area (Å²) >= 11 is 0. The van der Waals surface area contributed by atoms with Gasteiger partial charge in [-0.15, -0.1) is 0 Å². The SMILES string of the molecule is CCCCCC/C=C\C/C=C\CCCCCCCC(=O)NC(COC1OC(CO)C(OC2OC(CO)C(O)C(O)C2O)C(O)C1O)C(O)/C=C/CCCCCCCCCCCCCCCCCCCCCCCCCCCCCCCC. The maximum atomic E-state index is 13.3. The van der Waals surface area contributed by atoms with Gasteiger partial charge in [0.2, 0.25) is 5.91 Å². The van der Waals surface area contributed by atoms with Crippen LogP contribution in [0.25, 0.3) is 0 Å². The number of aliphatic hydroxyl groups is 8. The van der Waals surface area contributed by atoms with E-state index in [-0.39, 0.29) is 18.9 Å². The highest BCUT2D eigenvalue weighted by Gasteiger charge is 2.51. The monoisotopic (exact) mass is 1170 g/mol.